The van der Waals surface area contributed by atoms with E-state index in [4.69, 9.17) is 9.47 Å². The Morgan fingerprint density at radius 2 is 0.804 bits per heavy atom. The Hall–Kier alpha value is -1.36. The number of hydrogen-bond acceptors (Lipinski definition) is 5. The van der Waals surface area contributed by atoms with Crippen LogP contribution >= 0.6 is 0 Å². The van der Waals surface area contributed by atoms with Gasteiger partial charge in [-0.2, -0.15) is 0 Å². The lowest BCUT2D eigenvalue weighted by molar-refractivity contribution is -0.161. The van der Waals surface area contributed by atoms with Crippen molar-refractivity contribution in [3.63, 3.8) is 0 Å². The first-order chi connectivity index (χ1) is 22.6. The number of carbonyl (C=O) groups is 2. The zero-order valence-corrected chi connectivity index (χ0v) is 30.9. The van der Waals surface area contributed by atoms with Gasteiger partial charge in [0.15, 0.2) is 6.10 Å². The Morgan fingerprint density at radius 1 is 0.478 bits per heavy atom. The van der Waals surface area contributed by atoms with Crippen LogP contribution < -0.4 is 0 Å². The molecular weight excluding hydrogens is 572 g/mol. The molecule has 0 aliphatic rings. The number of unbranched alkanes of at least 4 members (excludes halogenated alkanes) is 27. The topological polar surface area (TPSA) is 72.8 Å². The van der Waals surface area contributed by atoms with Crippen molar-refractivity contribution in [2.24, 2.45) is 0 Å². The first-order valence-electron chi connectivity index (χ1n) is 20.2. The predicted octanol–water partition coefficient (Wildman–Crippen LogP) is 12.5. The van der Waals surface area contributed by atoms with Gasteiger partial charge in [-0.3, -0.25) is 9.59 Å². The van der Waals surface area contributed by atoms with Crippen LogP contribution in [-0.2, 0) is 19.1 Å². The van der Waals surface area contributed by atoms with Crippen molar-refractivity contribution >= 4 is 11.9 Å². The van der Waals surface area contributed by atoms with Crippen molar-refractivity contribution in [3.05, 3.63) is 12.2 Å². The molecule has 0 unspecified atom stereocenters. The second-order valence-corrected chi connectivity index (χ2v) is 13.7. The van der Waals surface area contributed by atoms with Gasteiger partial charge in [-0.05, 0) is 38.5 Å². The molecule has 0 rings (SSSR count). The van der Waals surface area contributed by atoms with Gasteiger partial charge >= 0.3 is 11.9 Å². The van der Waals surface area contributed by atoms with Crippen LogP contribution in [0.15, 0.2) is 12.2 Å². The highest BCUT2D eigenvalue weighted by Gasteiger charge is 2.16. The third kappa shape index (κ3) is 35.5. The molecule has 0 aliphatic carbocycles. The van der Waals surface area contributed by atoms with Crippen molar-refractivity contribution in [1.82, 2.24) is 0 Å². The highest BCUT2D eigenvalue weighted by atomic mass is 16.6. The summed E-state index contributed by atoms with van der Waals surface area (Å²) in [6.45, 7) is 4.13. The summed E-state index contributed by atoms with van der Waals surface area (Å²) in [5.41, 5.74) is 0. The molecule has 1 atom stereocenters. The molecular formula is C41H78O5. The third-order valence-corrected chi connectivity index (χ3v) is 9.06. The van der Waals surface area contributed by atoms with Crippen molar-refractivity contribution < 1.29 is 24.2 Å². The van der Waals surface area contributed by atoms with Gasteiger partial charge in [-0.1, -0.05) is 180 Å². The average Bonchev–Trinajstić information content (AvgIpc) is 3.06. The number of ether oxygens (including phenoxy) is 2. The first kappa shape index (κ1) is 44.6. The first-order valence-corrected chi connectivity index (χ1v) is 20.2. The molecule has 0 amide bonds. The van der Waals surface area contributed by atoms with E-state index in [0.717, 1.165) is 38.5 Å². The van der Waals surface area contributed by atoms with Crippen LogP contribution in [0.4, 0.5) is 0 Å². The van der Waals surface area contributed by atoms with Gasteiger partial charge in [-0.15, -0.1) is 0 Å². The number of allylic oxidation sites excluding steroid dienone is 2. The molecule has 0 fully saturated rings. The highest BCUT2D eigenvalue weighted by Crippen LogP contribution is 2.15. The molecule has 0 saturated heterocycles. The number of hydrogen-bond donors (Lipinski definition) is 1. The largest absolute Gasteiger partial charge is 0.462 e. The summed E-state index contributed by atoms with van der Waals surface area (Å²) >= 11 is 0. The molecule has 0 saturated carbocycles. The molecule has 0 spiro atoms. The van der Waals surface area contributed by atoms with Crippen LogP contribution in [0.2, 0.25) is 0 Å². The van der Waals surface area contributed by atoms with Crippen LogP contribution in [0, 0.1) is 0 Å². The molecule has 0 heterocycles. The molecule has 0 aromatic carbocycles. The molecule has 0 radical (unpaired) electrons. The molecule has 272 valence electrons. The van der Waals surface area contributed by atoms with Crippen molar-refractivity contribution in [2.45, 2.75) is 225 Å². The zero-order valence-electron chi connectivity index (χ0n) is 30.9. The van der Waals surface area contributed by atoms with Gasteiger partial charge in [0.25, 0.3) is 0 Å². The number of carbonyl (C=O) groups excluding carboxylic acids is 2. The van der Waals surface area contributed by atoms with Crippen molar-refractivity contribution in [2.75, 3.05) is 13.2 Å². The van der Waals surface area contributed by atoms with Crippen LogP contribution in [-0.4, -0.2) is 36.4 Å². The summed E-state index contributed by atoms with van der Waals surface area (Å²) < 4.78 is 10.6. The lowest BCUT2D eigenvalue weighted by atomic mass is 10.0. The fourth-order valence-corrected chi connectivity index (χ4v) is 5.96. The minimum Gasteiger partial charge on any atom is -0.462 e. The second kappa shape index (κ2) is 38.1. The Bertz CT molecular complexity index is 661. The summed E-state index contributed by atoms with van der Waals surface area (Å²) in [7, 11) is 0. The van der Waals surface area contributed by atoms with Gasteiger partial charge in [0, 0.05) is 12.8 Å². The monoisotopic (exact) mass is 651 g/mol. The van der Waals surface area contributed by atoms with Gasteiger partial charge in [-0.25, -0.2) is 0 Å². The van der Waals surface area contributed by atoms with Gasteiger partial charge in [0.05, 0.1) is 6.61 Å². The molecule has 0 aliphatic heterocycles. The van der Waals surface area contributed by atoms with Gasteiger partial charge < -0.3 is 14.6 Å². The fourth-order valence-electron chi connectivity index (χ4n) is 5.96. The van der Waals surface area contributed by atoms with E-state index < -0.39 is 6.10 Å². The molecule has 0 aromatic rings. The number of aliphatic hydroxyl groups is 1. The number of rotatable bonds is 37. The van der Waals surface area contributed by atoms with E-state index in [9.17, 15) is 14.7 Å². The van der Waals surface area contributed by atoms with E-state index in [2.05, 4.69) is 26.0 Å². The quantitative estimate of drug-likeness (QED) is 0.0411. The van der Waals surface area contributed by atoms with E-state index in [-0.39, 0.29) is 25.2 Å². The summed E-state index contributed by atoms with van der Waals surface area (Å²) in [6, 6.07) is 0. The van der Waals surface area contributed by atoms with Crippen molar-refractivity contribution in [1.29, 1.82) is 0 Å². The van der Waals surface area contributed by atoms with Crippen LogP contribution in [0.5, 0.6) is 0 Å². The van der Waals surface area contributed by atoms with Crippen molar-refractivity contribution in [3.8, 4) is 0 Å². The van der Waals surface area contributed by atoms with E-state index in [1.54, 1.807) is 0 Å². The summed E-state index contributed by atoms with van der Waals surface area (Å²) in [5.74, 6) is -0.590. The van der Waals surface area contributed by atoms with Crippen LogP contribution in [0.3, 0.4) is 0 Å². The fraction of sp³-hybridized carbons (Fsp3) is 0.902. The minimum atomic E-state index is -0.768. The lowest BCUT2D eigenvalue weighted by Crippen LogP contribution is -2.28. The maximum absolute atomic E-state index is 12.1. The summed E-state index contributed by atoms with van der Waals surface area (Å²) in [4.78, 5) is 24.2. The highest BCUT2D eigenvalue weighted by molar-refractivity contribution is 5.70. The lowest BCUT2D eigenvalue weighted by Gasteiger charge is -2.15. The standard InChI is InChI=1S/C41H78O5/c1-3-5-7-9-11-13-15-17-18-19-20-21-22-24-25-27-29-31-33-35-40(43)45-38-39(37-42)46-41(44)36-34-32-30-28-26-23-16-14-12-10-8-6-4-2/h14,16,39,42H,3-13,15,17-38H2,1-2H3/t39-/m0/s1. The minimum absolute atomic E-state index is 0.0632. The Balaban J connectivity index is 3.49. The van der Waals surface area contributed by atoms with Crippen LogP contribution in [0.1, 0.15) is 219 Å². The SMILES string of the molecule is CCCCCCC=CCCCCCCCC(=O)O[C@@H](CO)COC(=O)CCCCCCCCCCCCCCCCCCCCC. The normalized spacial score (nSPS) is 12.2. The molecule has 46 heavy (non-hydrogen) atoms. The van der Waals surface area contributed by atoms with E-state index in [1.165, 1.54) is 154 Å². The third-order valence-electron chi connectivity index (χ3n) is 9.06. The molecule has 5 nitrogen and oxygen atoms in total. The Kier molecular flexibility index (Phi) is 37.0. The molecule has 1 N–H and O–H groups in total. The maximum Gasteiger partial charge on any atom is 0.306 e. The average molecular weight is 651 g/mol. The van der Waals surface area contributed by atoms with Crippen LogP contribution in [0.25, 0.3) is 0 Å². The smallest absolute Gasteiger partial charge is 0.306 e. The van der Waals surface area contributed by atoms with Gasteiger partial charge in [0.2, 0.25) is 0 Å². The predicted molar refractivity (Wildman–Crippen MR) is 196 cm³/mol. The summed E-state index contributed by atoms with van der Waals surface area (Å²) in [5, 5.41) is 9.54. The second-order valence-electron chi connectivity index (χ2n) is 13.7. The van der Waals surface area contributed by atoms with Gasteiger partial charge in [0.1, 0.15) is 6.61 Å². The Morgan fingerprint density at radius 3 is 1.20 bits per heavy atom. The van der Waals surface area contributed by atoms with E-state index >= 15 is 0 Å². The maximum atomic E-state index is 12.1. The Labute approximate surface area is 286 Å². The van der Waals surface area contributed by atoms with E-state index in [0.29, 0.717) is 12.8 Å². The van der Waals surface area contributed by atoms with E-state index in [1.807, 2.05) is 0 Å². The molecule has 0 aromatic heterocycles. The molecule has 5 heteroatoms. The summed E-state index contributed by atoms with van der Waals surface area (Å²) in [6.07, 6.45) is 42.8. The molecule has 0 bridgehead atoms. The number of esters is 2. The number of aliphatic hydroxyl groups excluding tert-OH is 1. The zero-order chi connectivity index (χ0) is 33.6.